The van der Waals surface area contributed by atoms with E-state index >= 15 is 0 Å². The Hall–Kier alpha value is -0.591. The van der Waals surface area contributed by atoms with Gasteiger partial charge in [-0.3, -0.25) is 0 Å². The van der Waals surface area contributed by atoms with Crippen molar-refractivity contribution >= 4 is 20.1 Å². The molecule has 1 aromatic rings. The van der Waals surface area contributed by atoms with Crippen LogP contribution in [0.3, 0.4) is 0 Å². The average Bonchev–Trinajstić information content (AvgIpc) is 2.72. The van der Waals surface area contributed by atoms with E-state index in [2.05, 4.69) is 50.8 Å². The van der Waals surface area contributed by atoms with Crippen LogP contribution in [0, 0.1) is 0 Å². The summed E-state index contributed by atoms with van der Waals surface area (Å²) in [7, 11) is 0. The number of likely N-dealkylation sites (tertiary alicyclic amines) is 1. The molecule has 0 N–H and O–H groups in total. The van der Waals surface area contributed by atoms with E-state index in [0.29, 0.717) is 0 Å². The Morgan fingerprint density at radius 1 is 1.14 bits per heavy atom. The summed E-state index contributed by atoms with van der Waals surface area (Å²) < 4.78 is 1.40. The number of hydrogen-bond donors (Lipinski definition) is 0. The molecule has 1 aliphatic rings. The molecule has 1 aliphatic heterocycles. The fourth-order valence-corrected chi connectivity index (χ4v) is 2.58. The van der Waals surface area contributed by atoms with Gasteiger partial charge in [0.25, 0.3) is 0 Å². The van der Waals surface area contributed by atoms with Crippen LogP contribution in [0.1, 0.15) is 18.4 Å². The molecule has 0 amide bonds. The molecule has 1 aromatic carbocycles. The zero-order valence-corrected chi connectivity index (χ0v) is 9.99. The van der Waals surface area contributed by atoms with Crippen molar-refractivity contribution in [2.24, 2.45) is 0 Å². The van der Waals surface area contributed by atoms with Gasteiger partial charge in [0, 0.05) is 0 Å². The first-order valence-corrected chi connectivity index (χ1v) is 6.03. The van der Waals surface area contributed by atoms with Gasteiger partial charge in [0.2, 0.25) is 0 Å². The molecular weight excluding hydrogens is 237 g/mol. The molecule has 0 saturated carbocycles. The molecule has 0 atom stereocenters. The van der Waals surface area contributed by atoms with Crippen LogP contribution in [0.2, 0.25) is 0 Å². The van der Waals surface area contributed by atoms with Gasteiger partial charge in [0.05, 0.1) is 0 Å². The Labute approximate surface area is 93.5 Å². The molecule has 1 heterocycles. The summed E-state index contributed by atoms with van der Waals surface area (Å²) in [5.41, 5.74) is 1.40. The van der Waals surface area contributed by atoms with Crippen LogP contribution in [0.25, 0.3) is 0 Å². The maximum atomic E-state index is 3.21. The molecule has 1 saturated heterocycles. The van der Waals surface area contributed by atoms with Gasteiger partial charge in [-0.05, 0) is 0 Å². The molecule has 1 fully saturated rings. The molecule has 2 rings (SSSR count). The Kier molecular flexibility index (Phi) is 3.39. The van der Waals surface area contributed by atoms with Crippen molar-refractivity contribution in [3.63, 3.8) is 0 Å². The predicted octanol–water partition coefficient (Wildman–Crippen LogP) is 1.62. The number of nitrogens with zero attached hydrogens (tertiary/aromatic N) is 1. The summed E-state index contributed by atoms with van der Waals surface area (Å²) in [4.78, 5) is 2.47. The first kappa shape index (κ1) is 9.95. The summed E-state index contributed by atoms with van der Waals surface area (Å²) in [6, 6.07) is 10.7. The van der Waals surface area contributed by atoms with Gasteiger partial charge in [-0.15, -0.1) is 0 Å². The quantitative estimate of drug-likeness (QED) is 0.739. The predicted molar refractivity (Wildman–Crippen MR) is 61.7 cm³/mol. The van der Waals surface area contributed by atoms with Crippen LogP contribution < -0.4 is 0 Å². The van der Waals surface area contributed by atoms with Crippen molar-refractivity contribution in [1.82, 2.24) is 4.90 Å². The van der Waals surface area contributed by atoms with Gasteiger partial charge in [-0.2, -0.15) is 0 Å². The second-order valence-electron chi connectivity index (χ2n) is 3.75. The molecule has 0 radical (unpaired) electrons. The van der Waals surface area contributed by atoms with E-state index in [0.717, 1.165) is 6.42 Å². The third-order valence-corrected chi connectivity index (χ3v) is 3.50. The standard InChI is InChI=1S/C12H15NSe/c14-12(13-8-4-5-9-13)10-11-6-2-1-3-7-11/h1-3,6-7H,4-5,8-10H2. The Morgan fingerprint density at radius 2 is 1.79 bits per heavy atom. The second kappa shape index (κ2) is 4.77. The molecule has 0 aliphatic carbocycles. The van der Waals surface area contributed by atoms with Crippen molar-refractivity contribution in [3.05, 3.63) is 35.9 Å². The number of hydrogen-bond acceptors (Lipinski definition) is 1. The number of rotatable bonds is 3. The van der Waals surface area contributed by atoms with Crippen LogP contribution in [0.15, 0.2) is 30.3 Å². The molecule has 14 heavy (non-hydrogen) atoms. The zero-order chi connectivity index (χ0) is 9.80. The van der Waals surface area contributed by atoms with Crippen molar-refractivity contribution in [1.29, 1.82) is 0 Å². The van der Waals surface area contributed by atoms with Crippen LogP contribution in [-0.2, 0) is 6.42 Å². The molecule has 0 aromatic heterocycles. The topological polar surface area (TPSA) is 3.24 Å². The summed E-state index contributed by atoms with van der Waals surface area (Å²) >= 11 is 3.21. The van der Waals surface area contributed by atoms with Crippen molar-refractivity contribution in [2.45, 2.75) is 19.3 Å². The second-order valence-corrected chi connectivity index (χ2v) is 4.74. The van der Waals surface area contributed by atoms with Gasteiger partial charge >= 0.3 is 93.3 Å². The first-order valence-electron chi connectivity index (χ1n) is 5.18. The van der Waals surface area contributed by atoms with Crippen molar-refractivity contribution < 1.29 is 0 Å². The van der Waals surface area contributed by atoms with E-state index in [4.69, 9.17) is 0 Å². The monoisotopic (exact) mass is 253 g/mol. The van der Waals surface area contributed by atoms with E-state index in [9.17, 15) is 0 Å². The SMILES string of the molecule is [Se]=C(Cc1ccccc1)N1CCCC1. The normalized spacial score (nSPS) is 15.9. The van der Waals surface area contributed by atoms with Gasteiger partial charge in [0.15, 0.2) is 0 Å². The van der Waals surface area contributed by atoms with E-state index in [1.165, 1.54) is 36.0 Å². The summed E-state index contributed by atoms with van der Waals surface area (Å²) in [6.07, 6.45) is 3.75. The molecular formula is C12H15NSe. The molecule has 74 valence electrons. The summed E-state index contributed by atoms with van der Waals surface area (Å²) in [6.45, 7) is 2.46. The number of benzene rings is 1. The fourth-order valence-electron chi connectivity index (χ4n) is 1.85. The average molecular weight is 252 g/mol. The Bertz CT molecular complexity index is 301. The third kappa shape index (κ3) is 2.46. The Balaban J connectivity index is 1.94. The molecule has 0 spiro atoms. The van der Waals surface area contributed by atoms with Crippen LogP contribution in [-0.4, -0.2) is 38.1 Å². The van der Waals surface area contributed by atoms with Gasteiger partial charge in [-0.1, -0.05) is 0 Å². The fraction of sp³-hybridized carbons (Fsp3) is 0.417. The van der Waals surface area contributed by atoms with Gasteiger partial charge in [-0.25, -0.2) is 0 Å². The van der Waals surface area contributed by atoms with Crippen molar-refractivity contribution in [3.8, 4) is 0 Å². The Morgan fingerprint density at radius 3 is 2.43 bits per heavy atom. The molecule has 2 heteroatoms. The molecule has 0 unspecified atom stereocenters. The van der Waals surface area contributed by atoms with Gasteiger partial charge < -0.3 is 0 Å². The van der Waals surface area contributed by atoms with Gasteiger partial charge in [0.1, 0.15) is 0 Å². The third-order valence-electron chi connectivity index (χ3n) is 2.66. The summed E-state index contributed by atoms with van der Waals surface area (Å²) in [5.74, 6) is 0. The van der Waals surface area contributed by atoms with Crippen LogP contribution in [0.4, 0.5) is 0 Å². The van der Waals surface area contributed by atoms with Crippen LogP contribution in [0.5, 0.6) is 0 Å². The summed E-state index contributed by atoms with van der Waals surface area (Å²) in [5, 5.41) is 0. The minimum atomic E-state index is 1.06. The first-order chi connectivity index (χ1) is 6.86. The minimum absolute atomic E-state index is 1.06. The molecule has 1 nitrogen and oxygen atoms in total. The van der Waals surface area contributed by atoms with E-state index in [1.807, 2.05) is 0 Å². The van der Waals surface area contributed by atoms with Crippen LogP contribution >= 0.6 is 0 Å². The maximum absolute atomic E-state index is 3.21. The van der Waals surface area contributed by atoms with Crippen molar-refractivity contribution in [2.75, 3.05) is 13.1 Å². The van der Waals surface area contributed by atoms with E-state index < -0.39 is 0 Å². The molecule has 0 bridgehead atoms. The van der Waals surface area contributed by atoms with E-state index in [-0.39, 0.29) is 0 Å². The van der Waals surface area contributed by atoms with E-state index in [1.54, 1.807) is 0 Å². The zero-order valence-electron chi connectivity index (χ0n) is 8.28.